The fourth-order valence-electron chi connectivity index (χ4n) is 3.31. The Bertz CT molecular complexity index is 584. The van der Waals surface area contributed by atoms with E-state index >= 15 is 0 Å². The number of rotatable bonds is 4. The van der Waals surface area contributed by atoms with Crippen LogP contribution in [0, 0.1) is 6.92 Å². The Kier molecular flexibility index (Phi) is 5.79. The summed E-state index contributed by atoms with van der Waals surface area (Å²) in [5.74, 6) is 2.20. The van der Waals surface area contributed by atoms with Crippen LogP contribution in [0.15, 0.2) is 24.3 Å². The number of nitrogens with zero attached hydrogens (tertiary/aromatic N) is 2. The first kappa shape index (κ1) is 17.3. The van der Waals surface area contributed by atoms with E-state index in [1.54, 1.807) is 0 Å². The second kappa shape index (κ2) is 8.03. The highest BCUT2D eigenvalue weighted by Crippen LogP contribution is 2.21. The van der Waals surface area contributed by atoms with Crippen LogP contribution in [0.3, 0.4) is 0 Å². The molecule has 0 aliphatic carbocycles. The zero-order chi connectivity index (χ0) is 16.9. The summed E-state index contributed by atoms with van der Waals surface area (Å²) in [6, 6.07) is 7.64. The van der Waals surface area contributed by atoms with E-state index in [4.69, 9.17) is 0 Å². The molecule has 0 saturated carbocycles. The zero-order valence-corrected chi connectivity index (χ0v) is 15.0. The SMILES string of the molecule is Cc1ccc(NC(=O)CN2CCC[C@@H]2C(=O)N2CCSCC2)cc1. The van der Waals surface area contributed by atoms with Gasteiger partial charge in [0, 0.05) is 30.3 Å². The number of hydrogen-bond acceptors (Lipinski definition) is 4. The molecule has 130 valence electrons. The van der Waals surface area contributed by atoms with Crippen LogP contribution in [0.5, 0.6) is 0 Å². The van der Waals surface area contributed by atoms with E-state index in [9.17, 15) is 9.59 Å². The third-order valence-corrected chi connectivity index (χ3v) is 5.60. The molecule has 2 amide bonds. The first-order valence-corrected chi connectivity index (χ1v) is 9.76. The van der Waals surface area contributed by atoms with Gasteiger partial charge in [0.05, 0.1) is 12.6 Å². The molecule has 2 heterocycles. The predicted molar refractivity (Wildman–Crippen MR) is 98.3 cm³/mol. The zero-order valence-electron chi connectivity index (χ0n) is 14.2. The number of likely N-dealkylation sites (tertiary alicyclic amines) is 1. The highest BCUT2D eigenvalue weighted by atomic mass is 32.2. The molecule has 5 nitrogen and oxygen atoms in total. The van der Waals surface area contributed by atoms with Crippen molar-refractivity contribution in [3.05, 3.63) is 29.8 Å². The standard InChI is InChI=1S/C18H25N3O2S/c1-14-4-6-15(7-5-14)19-17(22)13-21-8-2-3-16(21)18(23)20-9-11-24-12-10-20/h4-7,16H,2-3,8-13H2,1H3,(H,19,22)/t16-/m1/s1. The van der Waals surface area contributed by atoms with Crippen LogP contribution in [0.25, 0.3) is 0 Å². The molecule has 3 rings (SSSR count). The van der Waals surface area contributed by atoms with Crippen molar-refractivity contribution in [2.24, 2.45) is 0 Å². The average Bonchev–Trinajstić information content (AvgIpc) is 3.05. The lowest BCUT2D eigenvalue weighted by Crippen LogP contribution is -2.49. The number of benzene rings is 1. The van der Waals surface area contributed by atoms with Gasteiger partial charge in [-0.15, -0.1) is 0 Å². The lowest BCUT2D eigenvalue weighted by atomic mass is 10.2. The van der Waals surface area contributed by atoms with Crippen LogP contribution in [0.2, 0.25) is 0 Å². The van der Waals surface area contributed by atoms with Gasteiger partial charge in [0.15, 0.2) is 0 Å². The highest BCUT2D eigenvalue weighted by Gasteiger charge is 2.34. The molecule has 0 radical (unpaired) electrons. The van der Waals surface area contributed by atoms with Crippen molar-refractivity contribution >= 4 is 29.3 Å². The van der Waals surface area contributed by atoms with E-state index in [1.165, 1.54) is 0 Å². The molecule has 1 aromatic rings. The molecule has 1 atom stereocenters. The largest absolute Gasteiger partial charge is 0.340 e. The molecule has 2 saturated heterocycles. The number of hydrogen-bond donors (Lipinski definition) is 1. The van der Waals surface area contributed by atoms with Crippen LogP contribution >= 0.6 is 11.8 Å². The summed E-state index contributed by atoms with van der Waals surface area (Å²) < 4.78 is 0. The summed E-state index contributed by atoms with van der Waals surface area (Å²) in [5, 5.41) is 2.93. The van der Waals surface area contributed by atoms with Crippen molar-refractivity contribution in [2.75, 3.05) is 43.0 Å². The number of nitrogens with one attached hydrogen (secondary N) is 1. The van der Waals surface area contributed by atoms with Gasteiger partial charge in [-0.05, 0) is 38.4 Å². The Morgan fingerprint density at radius 2 is 1.88 bits per heavy atom. The van der Waals surface area contributed by atoms with Crippen molar-refractivity contribution in [3.8, 4) is 0 Å². The summed E-state index contributed by atoms with van der Waals surface area (Å²) in [5.41, 5.74) is 1.97. The van der Waals surface area contributed by atoms with Gasteiger partial charge in [-0.1, -0.05) is 17.7 Å². The molecule has 0 aromatic heterocycles. The normalized spacial score (nSPS) is 21.7. The van der Waals surface area contributed by atoms with Crippen LogP contribution < -0.4 is 5.32 Å². The molecule has 6 heteroatoms. The van der Waals surface area contributed by atoms with Crippen molar-refractivity contribution in [3.63, 3.8) is 0 Å². The Morgan fingerprint density at radius 1 is 1.17 bits per heavy atom. The number of carbonyl (C=O) groups excluding carboxylic acids is 2. The van der Waals surface area contributed by atoms with Gasteiger partial charge in [0.2, 0.25) is 11.8 Å². The van der Waals surface area contributed by atoms with Crippen LogP contribution in [-0.4, -0.2) is 65.3 Å². The molecular weight excluding hydrogens is 322 g/mol. The van der Waals surface area contributed by atoms with Gasteiger partial charge in [0.25, 0.3) is 0 Å². The number of aryl methyl sites for hydroxylation is 1. The van der Waals surface area contributed by atoms with Gasteiger partial charge in [-0.2, -0.15) is 11.8 Å². The second-order valence-electron chi connectivity index (χ2n) is 6.48. The Hall–Kier alpha value is -1.53. The molecule has 24 heavy (non-hydrogen) atoms. The van der Waals surface area contributed by atoms with Gasteiger partial charge >= 0.3 is 0 Å². The van der Waals surface area contributed by atoms with Crippen LogP contribution in [0.1, 0.15) is 18.4 Å². The number of anilines is 1. The van der Waals surface area contributed by atoms with Gasteiger partial charge in [-0.25, -0.2) is 0 Å². The third kappa shape index (κ3) is 4.30. The van der Waals surface area contributed by atoms with E-state index in [2.05, 4.69) is 5.32 Å². The van der Waals surface area contributed by atoms with E-state index in [0.717, 1.165) is 55.2 Å². The van der Waals surface area contributed by atoms with Gasteiger partial charge < -0.3 is 10.2 Å². The molecule has 2 aliphatic heterocycles. The second-order valence-corrected chi connectivity index (χ2v) is 7.71. The van der Waals surface area contributed by atoms with Gasteiger partial charge in [0.1, 0.15) is 0 Å². The monoisotopic (exact) mass is 347 g/mol. The van der Waals surface area contributed by atoms with Crippen LogP contribution in [-0.2, 0) is 9.59 Å². The maximum absolute atomic E-state index is 12.7. The molecule has 1 N–H and O–H groups in total. The predicted octanol–water partition coefficient (Wildman–Crippen LogP) is 1.97. The maximum atomic E-state index is 12.7. The van der Waals surface area contributed by atoms with E-state index in [0.29, 0.717) is 0 Å². The first-order valence-electron chi connectivity index (χ1n) is 8.60. The van der Waals surface area contributed by atoms with Crippen molar-refractivity contribution in [1.82, 2.24) is 9.80 Å². The highest BCUT2D eigenvalue weighted by molar-refractivity contribution is 7.99. The quantitative estimate of drug-likeness (QED) is 0.905. The minimum Gasteiger partial charge on any atom is -0.340 e. The Balaban J connectivity index is 1.55. The van der Waals surface area contributed by atoms with Crippen molar-refractivity contribution in [2.45, 2.75) is 25.8 Å². The molecule has 1 aromatic carbocycles. The minimum absolute atomic E-state index is 0.0484. The van der Waals surface area contributed by atoms with Gasteiger partial charge in [-0.3, -0.25) is 14.5 Å². The number of carbonyl (C=O) groups is 2. The molecule has 2 aliphatic rings. The summed E-state index contributed by atoms with van der Waals surface area (Å²) in [6.07, 6.45) is 1.84. The Labute approximate surface area is 147 Å². The average molecular weight is 347 g/mol. The maximum Gasteiger partial charge on any atom is 0.239 e. The fourth-order valence-corrected chi connectivity index (χ4v) is 4.21. The van der Waals surface area contributed by atoms with Crippen LogP contribution in [0.4, 0.5) is 5.69 Å². The molecule has 0 unspecified atom stereocenters. The lowest BCUT2D eigenvalue weighted by Gasteiger charge is -2.32. The number of amides is 2. The Morgan fingerprint density at radius 3 is 2.58 bits per heavy atom. The summed E-state index contributed by atoms with van der Waals surface area (Å²) in [4.78, 5) is 29.1. The summed E-state index contributed by atoms with van der Waals surface area (Å²) >= 11 is 1.90. The van der Waals surface area contributed by atoms with E-state index in [1.807, 2.05) is 52.8 Å². The van der Waals surface area contributed by atoms with Crippen molar-refractivity contribution in [1.29, 1.82) is 0 Å². The molecule has 0 spiro atoms. The van der Waals surface area contributed by atoms with E-state index in [-0.39, 0.29) is 24.4 Å². The smallest absolute Gasteiger partial charge is 0.239 e. The summed E-state index contributed by atoms with van der Waals surface area (Å²) in [6.45, 7) is 4.80. The molecule has 0 bridgehead atoms. The topological polar surface area (TPSA) is 52.7 Å². The lowest BCUT2D eigenvalue weighted by molar-refractivity contribution is -0.136. The molecular formula is C18H25N3O2S. The van der Waals surface area contributed by atoms with Crippen molar-refractivity contribution < 1.29 is 9.59 Å². The molecule has 2 fully saturated rings. The first-order chi connectivity index (χ1) is 11.6. The third-order valence-electron chi connectivity index (χ3n) is 4.65. The number of thioether (sulfide) groups is 1. The fraction of sp³-hybridized carbons (Fsp3) is 0.556. The summed E-state index contributed by atoms with van der Waals surface area (Å²) in [7, 11) is 0. The minimum atomic E-state index is -0.128. The van der Waals surface area contributed by atoms with E-state index < -0.39 is 0 Å².